The molecule has 2 N–H and O–H groups in total. The number of aliphatic hydroxyl groups is 1. The Bertz CT molecular complexity index is 480. The van der Waals surface area contributed by atoms with Crippen molar-refractivity contribution < 1.29 is 9.90 Å². The van der Waals surface area contributed by atoms with Crippen LogP contribution in [0.3, 0.4) is 0 Å². The van der Waals surface area contributed by atoms with Gasteiger partial charge in [-0.05, 0) is 38.2 Å². The Balaban J connectivity index is 2.17. The van der Waals surface area contributed by atoms with Gasteiger partial charge in [0.05, 0.1) is 5.41 Å². The second-order valence-electron chi connectivity index (χ2n) is 6.23. The highest BCUT2D eigenvalue weighted by molar-refractivity contribution is 5.89. The van der Waals surface area contributed by atoms with Crippen LogP contribution in [0.2, 0.25) is 0 Å². The minimum Gasteiger partial charge on any atom is -0.396 e. The van der Waals surface area contributed by atoms with Gasteiger partial charge in [0, 0.05) is 12.6 Å². The van der Waals surface area contributed by atoms with Crippen molar-refractivity contribution in [2.75, 3.05) is 6.61 Å². The van der Waals surface area contributed by atoms with E-state index < -0.39 is 0 Å². The SMILES string of the molecule is Cc1cccc(C2(C(=O)NC(C)C(C)CO)CCC2)c1. The molecule has 110 valence electrons. The van der Waals surface area contributed by atoms with Gasteiger partial charge in [-0.1, -0.05) is 43.2 Å². The van der Waals surface area contributed by atoms with Gasteiger partial charge >= 0.3 is 0 Å². The predicted octanol–water partition coefficient (Wildman–Crippen LogP) is 2.55. The van der Waals surface area contributed by atoms with Crippen molar-refractivity contribution in [2.24, 2.45) is 5.92 Å². The van der Waals surface area contributed by atoms with E-state index in [2.05, 4.69) is 30.4 Å². The molecule has 1 aromatic rings. The maximum atomic E-state index is 12.7. The molecule has 0 saturated heterocycles. The summed E-state index contributed by atoms with van der Waals surface area (Å²) < 4.78 is 0. The van der Waals surface area contributed by atoms with Crippen molar-refractivity contribution in [1.82, 2.24) is 5.32 Å². The Hall–Kier alpha value is -1.35. The molecule has 0 aromatic heterocycles. The van der Waals surface area contributed by atoms with Crippen molar-refractivity contribution in [3.05, 3.63) is 35.4 Å². The quantitative estimate of drug-likeness (QED) is 0.867. The van der Waals surface area contributed by atoms with Crippen LogP contribution >= 0.6 is 0 Å². The molecule has 0 heterocycles. The zero-order valence-electron chi connectivity index (χ0n) is 12.6. The Morgan fingerprint density at radius 2 is 2.10 bits per heavy atom. The third kappa shape index (κ3) is 2.73. The van der Waals surface area contributed by atoms with E-state index in [-0.39, 0.29) is 29.9 Å². The lowest BCUT2D eigenvalue weighted by Crippen LogP contribution is -2.52. The molecule has 1 fully saturated rings. The molecule has 20 heavy (non-hydrogen) atoms. The van der Waals surface area contributed by atoms with Gasteiger partial charge in [-0.3, -0.25) is 4.79 Å². The van der Waals surface area contributed by atoms with Crippen LogP contribution in [0.25, 0.3) is 0 Å². The minimum atomic E-state index is -0.352. The number of carbonyl (C=O) groups is 1. The number of nitrogens with one attached hydrogen (secondary N) is 1. The van der Waals surface area contributed by atoms with Crippen molar-refractivity contribution >= 4 is 5.91 Å². The van der Waals surface area contributed by atoms with Gasteiger partial charge < -0.3 is 10.4 Å². The fourth-order valence-corrected chi connectivity index (χ4v) is 2.77. The maximum absolute atomic E-state index is 12.7. The van der Waals surface area contributed by atoms with E-state index in [4.69, 9.17) is 0 Å². The Morgan fingerprint density at radius 3 is 2.60 bits per heavy atom. The molecule has 0 spiro atoms. The predicted molar refractivity (Wildman–Crippen MR) is 80.6 cm³/mol. The van der Waals surface area contributed by atoms with Crippen LogP contribution in [-0.2, 0) is 10.2 Å². The largest absolute Gasteiger partial charge is 0.396 e. The topological polar surface area (TPSA) is 49.3 Å². The fraction of sp³-hybridized carbons (Fsp3) is 0.588. The molecule has 1 aliphatic carbocycles. The van der Waals surface area contributed by atoms with E-state index in [0.29, 0.717) is 0 Å². The lowest BCUT2D eigenvalue weighted by molar-refractivity contribution is -0.131. The molecule has 1 saturated carbocycles. The Labute approximate surface area is 121 Å². The second-order valence-corrected chi connectivity index (χ2v) is 6.23. The molecule has 3 nitrogen and oxygen atoms in total. The summed E-state index contributed by atoms with van der Waals surface area (Å²) in [6.07, 6.45) is 2.94. The van der Waals surface area contributed by atoms with E-state index in [1.165, 1.54) is 5.56 Å². The molecule has 0 aliphatic heterocycles. The van der Waals surface area contributed by atoms with Gasteiger partial charge in [-0.2, -0.15) is 0 Å². The van der Waals surface area contributed by atoms with Crippen LogP contribution in [0.15, 0.2) is 24.3 Å². The van der Waals surface area contributed by atoms with Gasteiger partial charge in [0.25, 0.3) is 0 Å². The van der Waals surface area contributed by atoms with Gasteiger partial charge in [-0.15, -0.1) is 0 Å². The zero-order chi connectivity index (χ0) is 14.8. The highest BCUT2D eigenvalue weighted by Crippen LogP contribution is 2.44. The van der Waals surface area contributed by atoms with Crippen LogP contribution in [0, 0.1) is 12.8 Å². The molecule has 3 heteroatoms. The fourth-order valence-electron chi connectivity index (χ4n) is 2.77. The number of aryl methyl sites for hydroxylation is 1. The number of aliphatic hydroxyl groups excluding tert-OH is 1. The van der Waals surface area contributed by atoms with Crippen LogP contribution in [-0.4, -0.2) is 23.7 Å². The van der Waals surface area contributed by atoms with Crippen molar-refractivity contribution in [2.45, 2.75) is 51.5 Å². The molecular formula is C17H25NO2. The summed E-state index contributed by atoms with van der Waals surface area (Å²) in [6, 6.07) is 8.27. The van der Waals surface area contributed by atoms with Crippen molar-refractivity contribution in [3.8, 4) is 0 Å². The molecule has 2 rings (SSSR count). The summed E-state index contributed by atoms with van der Waals surface area (Å²) in [5, 5.41) is 12.3. The average molecular weight is 275 g/mol. The number of rotatable bonds is 5. The zero-order valence-corrected chi connectivity index (χ0v) is 12.6. The normalized spacial score (nSPS) is 19.8. The van der Waals surface area contributed by atoms with Crippen molar-refractivity contribution in [1.29, 1.82) is 0 Å². The van der Waals surface area contributed by atoms with Crippen LogP contribution in [0.5, 0.6) is 0 Å². The summed E-state index contributed by atoms with van der Waals surface area (Å²) in [7, 11) is 0. The summed E-state index contributed by atoms with van der Waals surface area (Å²) in [5.41, 5.74) is 1.97. The summed E-state index contributed by atoms with van der Waals surface area (Å²) in [5.74, 6) is 0.190. The Kier molecular flexibility index (Phi) is 4.48. The first kappa shape index (κ1) is 15.0. The minimum absolute atomic E-state index is 0.00483. The lowest BCUT2D eigenvalue weighted by atomic mass is 9.63. The van der Waals surface area contributed by atoms with Gasteiger partial charge in [-0.25, -0.2) is 0 Å². The lowest BCUT2D eigenvalue weighted by Gasteiger charge is -2.42. The monoisotopic (exact) mass is 275 g/mol. The molecule has 1 aliphatic rings. The maximum Gasteiger partial charge on any atom is 0.230 e. The van der Waals surface area contributed by atoms with Crippen LogP contribution in [0.4, 0.5) is 0 Å². The van der Waals surface area contributed by atoms with E-state index >= 15 is 0 Å². The summed E-state index contributed by atoms with van der Waals surface area (Å²) in [4.78, 5) is 12.7. The second kappa shape index (κ2) is 5.96. The molecular weight excluding hydrogens is 250 g/mol. The first-order chi connectivity index (χ1) is 9.49. The summed E-state index contributed by atoms with van der Waals surface area (Å²) in [6.45, 7) is 6.07. The Morgan fingerprint density at radius 1 is 1.40 bits per heavy atom. The molecule has 2 unspecified atom stereocenters. The molecule has 0 radical (unpaired) electrons. The van der Waals surface area contributed by atoms with Gasteiger partial charge in [0.1, 0.15) is 0 Å². The highest BCUT2D eigenvalue weighted by atomic mass is 16.3. The molecule has 2 atom stereocenters. The van der Waals surface area contributed by atoms with E-state index in [1.807, 2.05) is 19.9 Å². The number of hydrogen-bond acceptors (Lipinski definition) is 2. The molecule has 0 bridgehead atoms. The van der Waals surface area contributed by atoms with E-state index in [9.17, 15) is 9.90 Å². The van der Waals surface area contributed by atoms with Gasteiger partial charge in [0.15, 0.2) is 0 Å². The first-order valence-electron chi connectivity index (χ1n) is 7.48. The average Bonchev–Trinajstić information content (AvgIpc) is 2.36. The van der Waals surface area contributed by atoms with Crippen LogP contribution < -0.4 is 5.32 Å². The number of carbonyl (C=O) groups excluding carboxylic acids is 1. The molecule has 1 amide bonds. The van der Waals surface area contributed by atoms with E-state index in [0.717, 1.165) is 24.8 Å². The van der Waals surface area contributed by atoms with Crippen molar-refractivity contribution in [3.63, 3.8) is 0 Å². The smallest absolute Gasteiger partial charge is 0.230 e. The first-order valence-corrected chi connectivity index (χ1v) is 7.48. The third-order valence-corrected chi connectivity index (χ3v) is 4.71. The number of benzene rings is 1. The molecule has 1 aromatic carbocycles. The number of hydrogen-bond donors (Lipinski definition) is 2. The van der Waals surface area contributed by atoms with Crippen LogP contribution in [0.1, 0.15) is 44.2 Å². The van der Waals surface area contributed by atoms with E-state index in [1.54, 1.807) is 0 Å². The summed E-state index contributed by atoms with van der Waals surface area (Å²) >= 11 is 0. The standard InChI is InChI=1S/C17H25NO2/c1-12-6-4-7-15(10-12)17(8-5-9-17)16(20)18-14(3)13(2)11-19/h4,6-7,10,13-14,19H,5,8-9,11H2,1-3H3,(H,18,20). The third-order valence-electron chi connectivity index (χ3n) is 4.71. The number of amides is 1. The van der Waals surface area contributed by atoms with Gasteiger partial charge in [0.2, 0.25) is 5.91 Å². The highest BCUT2D eigenvalue weighted by Gasteiger charge is 2.46.